The molecule has 2 fully saturated rings. The van der Waals surface area contributed by atoms with E-state index in [4.69, 9.17) is 4.74 Å². The predicted octanol–water partition coefficient (Wildman–Crippen LogP) is 3.24. The van der Waals surface area contributed by atoms with E-state index in [1.54, 1.807) is 0 Å². The fourth-order valence-corrected chi connectivity index (χ4v) is 2.89. The van der Waals surface area contributed by atoms with Crippen LogP contribution in [0.3, 0.4) is 0 Å². The van der Waals surface area contributed by atoms with Gasteiger partial charge in [0, 0.05) is 6.61 Å². The van der Waals surface area contributed by atoms with Gasteiger partial charge in [-0.05, 0) is 36.5 Å². The molecule has 1 saturated heterocycles. The smallest absolute Gasteiger partial charge is 0.0607 e. The Hall–Kier alpha value is -0.0400. The van der Waals surface area contributed by atoms with E-state index in [-0.39, 0.29) is 0 Å². The molecule has 1 heterocycles. The van der Waals surface area contributed by atoms with E-state index < -0.39 is 0 Å². The van der Waals surface area contributed by atoms with Crippen molar-refractivity contribution in [3.05, 3.63) is 0 Å². The average Bonchev–Trinajstić information content (AvgIpc) is 2.61. The molecule has 0 aromatic heterocycles. The van der Waals surface area contributed by atoms with E-state index in [0.29, 0.717) is 11.5 Å². The van der Waals surface area contributed by atoms with Crippen molar-refractivity contribution in [1.82, 2.24) is 0 Å². The molecule has 1 heteroatoms. The summed E-state index contributed by atoms with van der Waals surface area (Å²) >= 11 is 0. The van der Waals surface area contributed by atoms with Gasteiger partial charge in [0.1, 0.15) is 0 Å². The Balaban J connectivity index is 1.98. The third kappa shape index (κ3) is 1.63. The molecule has 0 aromatic rings. The van der Waals surface area contributed by atoms with Crippen LogP contribution in [-0.2, 0) is 4.74 Å². The lowest BCUT2D eigenvalue weighted by molar-refractivity contribution is 0.0862. The van der Waals surface area contributed by atoms with Gasteiger partial charge in [-0.3, -0.25) is 0 Å². The van der Waals surface area contributed by atoms with Crippen molar-refractivity contribution in [2.75, 3.05) is 6.61 Å². The summed E-state index contributed by atoms with van der Waals surface area (Å²) in [5, 5.41) is 0. The van der Waals surface area contributed by atoms with Crippen LogP contribution < -0.4 is 0 Å². The molecular formula is C12H22O. The van der Waals surface area contributed by atoms with E-state index in [1.807, 2.05) is 0 Å². The van der Waals surface area contributed by atoms with E-state index in [9.17, 15) is 0 Å². The van der Waals surface area contributed by atoms with Gasteiger partial charge in [0.2, 0.25) is 0 Å². The van der Waals surface area contributed by atoms with E-state index in [0.717, 1.165) is 18.4 Å². The lowest BCUT2D eigenvalue weighted by atomic mass is 9.75. The highest BCUT2D eigenvalue weighted by Crippen LogP contribution is 2.48. The van der Waals surface area contributed by atoms with Gasteiger partial charge in [-0.25, -0.2) is 0 Å². The van der Waals surface area contributed by atoms with Crippen molar-refractivity contribution in [3.8, 4) is 0 Å². The van der Waals surface area contributed by atoms with E-state index in [1.165, 1.54) is 25.7 Å². The molecule has 1 saturated carbocycles. The van der Waals surface area contributed by atoms with Crippen LogP contribution >= 0.6 is 0 Å². The molecule has 3 atom stereocenters. The van der Waals surface area contributed by atoms with Crippen LogP contribution in [0, 0.1) is 17.3 Å². The first kappa shape index (κ1) is 9.51. The van der Waals surface area contributed by atoms with Gasteiger partial charge in [0.25, 0.3) is 0 Å². The Morgan fingerprint density at radius 1 is 1.31 bits per heavy atom. The van der Waals surface area contributed by atoms with Crippen molar-refractivity contribution in [2.24, 2.45) is 17.3 Å². The topological polar surface area (TPSA) is 9.23 Å². The largest absolute Gasteiger partial charge is 0.378 e. The second-order valence-electron chi connectivity index (χ2n) is 5.47. The molecule has 1 aliphatic heterocycles. The molecular weight excluding hydrogens is 160 g/mol. The van der Waals surface area contributed by atoms with Crippen molar-refractivity contribution in [1.29, 1.82) is 0 Å². The molecule has 76 valence electrons. The maximum absolute atomic E-state index is 5.75. The Kier molecular flexibility index (Phi) is 2.39. The highest BCUT2D eigenvalue weighted by molar-refractivity contribution is 4.93. The average molecular weight is 182 g/mol. The lowest BCUT2D eigenvalue weighted by Gasteiger charge is -2.30. The Labute approximate surface area is 81.9 Å². The second kappa shape index (κ2) is 3.27. The Morgan fingerprint density at radius 3 is 2.69 bits per heavy atom. The summed E-state index contributed by atoms with van der Waals surface area (Å²) in [5.41, 5.74) is 0.535. The molecule has 2 rings (SSSR count). The first-order valence-electron chi connectivity index (χ1n) is 5.75. The Morgan fingerprint density at radius 2 is 2.08 bits per heavy atom. The first-order chi connectivity index (χ1) is 6.13. The van der Waals surface area contributed by atoms with Crippen molar-refractivity contribution < 1.29 is 4.74 Å². The number of hydrogen-bond donors (Lipinski definition) is 0. The molecule has 2 aliphatic rings. The van der Waals surface area contributed by atoms with Gasteiger partial charge < -0.3 is 4.74 Å². The van der Waals surface area contributed by atoms with Crippen LogP contribution in [0.5, 0.6) is 0 Å². The summed E-state index contributed by atoms with van der Waals surface area (Å²) in [6.45, 7) is 8.17. The summed E-state index contributed by atoms with van der Waals surface area (Å²) in [5.74, 6) is 1.81. The van der Waals surface area contributed by atoms with Crippen LogP contribution in [0.25, 0.3) is 0 Å². The highest BCUT2D eigenvalue weighted by atomic mass is 16.5. The molecule has 0 aromatic carbocycles. The van der Waals surface area contributed by atoms with Crippen LogP contribution in [0.15, 0.2) is 0 Å². The molecule has 1 aliphatic carbocycles. The lowest BCUT2D eigenvalue weighted by Crippen LogP contribution is -2.22. The van der Waals surface area contributed by atoms with Crippen molar-refractivity contribution >= 4 is 0 Å². The summed E-state index contributed by atoms with van der Waals surface area (Å²) < 4.78 is 5.75. The van der Waals surface area contributed by atoms with E-state index in [2.05, 4.69) is 20.8 Å². The summed E-state index contributed by atoms with van der Waals surface area (Å²) in [6.07, 6.45) is 5.99. The first-order valence-corrected chi connectivity index (χ1v) is 5.75. The Bertz CT molecular complexity index is 174. The number of hydrogen-bond acceptors (Lipinski definition) is 1. The predicted molar refractivity (Wildman–Crippen MR) is 54.6 cm³/mol. The molecule has 0 bridgehead atoms. The third-order valence-electron chi connectivity index (χ3n) is 4.47. The number of rotatable bonds is 2. The number of ether oxygens (including phenoxy) is 1. The van der Waals surface area contributed by atoms with Gasteiger partial charge in [0.15, 0.2) is 0 Å². The molecule has 0 unspecified atom stereocenters. The molecule has 0 amide bonds. The van der Waals surface area contributed by atoms with Crippen LogP contribution in [0.4, 0.5) is 0 Å². The maximum Gasteiger partial charge on any atom is 0.0607 e. The zero-order valence-electron chi connectivity index (χ0n) is 9.18. The second-order valence-corrected chi connectivity index (χ2v) is 5.47. The van der Waals surface area contributed by atoms with Crippen LogP contribution in [0.1, 0.15) is 46.5 Å². The van der Waals surface area contributed by atoms with E-state index >= 15 is 0 Å². The van der Waals surface area contributed by atoms with Crippen LogP contribution in [0.2, 0.25) is 0 Å². The minimum atomic E-state index is 0.535. The van der Waals surface area contributed by atoms with Crippen molar-refractivity contribution in [3.63, 3.8) is 0 Å². The normalized spacial score (nSPS) is 39.5. The standard InChI is InChI=1S/C12H22O/c1-4-12(2,3)10-7-9-5-6-13-11(9)8-10/h9-11H,4-8H2,1-3H3/t9-,10-,11+/m1/s1. The summed E-state index contributed by atoms with van der Waals surface area (Å²) in [4.78, 5) is 0. The SMILES string of the molecule is CCC(C)(C)[C@@H]1C[C@H]2CCO[C@H]2C1. The monoisotopic (exact) mass is 182 g/mol. The molecule has 0 spiro atoms. The highest BCUT2D eigenvalue weighted by Gasteiger charge is 2.43. The molecule has 0 radical (unpaired) electrons. The summed E-state index contributed by atoms with van der Waals surface area (Å²) in [6, 6.07) is 0. The summed E-state index contributed by atoms with van der Waals surface area (Å²) in [7, 11) is 0. The minimum Gasteiger partial charge on any atom is -0.378 e. The fourth-order valence-electron chi connectivity index (χ4n) is 2.89. The molecule has 0 N–H and O–H groups in total. The van der Waals surface area contributed by atoms with Crippen molar-refractivity contribution in [2.45, 2.75) is 52.6 Å². The van der Waals surface area contributed by atoms with Gasteiger partial charge in [-0.1, -0.05) is 27.2 Å². The quantitative estimate of drug-likeness (QED) is 0.637. The van der Waals surface area contributed by atoms with Crippen LogP contribution in [-0.4, -0.2) is 12.7 Å². The van der Waals surface area contributed by atoms with Gasteiger partial charge >= 0.3 is 0 Å². The number of fused-ring (bicyclic) bond motifs is 1. The van der Waals surface area contributed by atoms with Gasteiger partial charge in [-0.2, -0.15) is 0 Å². The minimum absolute atomic E-state index is 0.535. The fraction of sp³-hybridized carbons (Fsp3) is 1.00. The molecule has 13 heavy (non-hydrogen) atoms. The zero-order chi connectivity index (χ0) is 9.47. The molecule has 1 nitrogen and oxygen atoms in total. The zero-order valence-corrected chi connectivity index (χ0v) is 9.18. The van der Waals surface area contributed by atoms with Gasteiger partial charge in [-0.15, -0.1) is 0 Å². The third-order valence-corrected chi connectivity index (χ3v) is 4.47. The van der Waals surface area contributed by atoms with Gasteiger partial charge in [0.05, 0.1) is 6.10 Å². The maximum atomic E-state index is 5.75.